The zero-order chi connectivity index (χ0) is 17.8. The molecule has 1 saturated heterocycles. The smallest absolute Gasteiger partial charge is 0.408 e. The largest absolute Gasteiger partial charge is 0.467 e. The molecule has 2 atom stereocenters. The molecule has 0 aromatic carbocycles. The maximum absolute atomic E-state index is 12.5. The number of ether oxygens (including phenoxy) is 2. The molecule has 0 unspecified atom stereocenters. The molecule has 0 aromatic heterocycles. The summed E-state index contributed by atoms with van der Waals surface area (Å²) in [5, 5.41) is 2.58. The number of carbonyl (C=O) groups is 3. The van der Waals surface area contributed by atoms with Gasteiger partial charge in [-0.1, -0.05) is 13.8 Å². The summed E-state index contributed by atoms with van der Waals surface area (Å²) in [4.78, 5) is 37.8. The van der Waals surface area contributed by atoms with Crippen LogP contribution < -0.4 is 5.32 Å². The highest BCUT2D eigenvalue weighted by Gasteiger charge is 2.40. The summed E-state index contributed by atoms with van der Waals surface area (Å²) in [6, 6.07) is -1.28. The van der Waals surface area contributed by atoms with Crippen molar-refractivity contribution in [2.75, 3.05) is 13.7 Å². The van der Waals surface area contributed by atoms with Gasteiger partial charge in [0.05, 0.1) is 7.11 Å². The minimum Gasteiger partial charge on any atom is -0.467 e. The first kappa shape index (κ1) is 19.3. The third kappa shape index (κ3) is 5.73. The lowest BCUT2D eigenvalue weighted by molar-refractivity contribution is -0.152. The van der Waals surface area contributed by atoms with E-state index in [1.807, 2.05) is 13.8 Å². The van der Waals surface area contributed by atoms with Crippen LogP contribution in [0, 0.1) is 5.92 Å². The average molecular weight is 328 g/mol. The summed E-state index contributed by atoms with van der Waals surface area (Å²) >= 11 is 0. The van der Waals surface area contributed by atoms with E-state index in [-0.39, 0.29) is 11.8 Å². The third-order valence-corrected chi connectivity index (χ3v) is 3.47. The van der Waals surface area contributed by atoms with E-state index in [1.54, 1.807) is 20.8 Å². The van der Waals surface area contributed by atoms with Crippen molar-refractivity contribution in [3.63, 3.8) is 0 Å². The van der Waals surface area contributed by atoms with Gasteiger partial charge in [-0.15, -0.1) is 0 Å². The Morgan fingerprint density at radius 1 is 1.35 bits per heavy atom. The molecule has 0 saturated carbocycles. The van der Waals surface area contributed by atoms with Gasteiger partial charge in [-0.25, -0.2) is 9.59 Å². The van der Waals surface area contributed by atoms with E-state index in [4.69, 9.17) is 9.47 Å². The first-order chi connectivity index (χ1) is 10.5. The predicted molar refractivity (Wildman–Crippen MR) is 84.7 cm³/mol. The summed E-state index contributed by atoms with van der Waals surface area (Å²) in [5.41, 5.74) is -0.627. The maximum atomic E-state index is 12.5. The number of methoxy groups -OCH3 is 1. The summed E-state index contributed by atoms with van der Waals surface area (Å²) in [6.07, 6.45) is 0.345. The topological polar surface area (TPSA) is 84.9 Å². The van der Waals surface area contributed by atoms with Crippen molar-refractivity contribution in [2.45, 2.75) is 65.1 Å². The van der Waals surface area contributed by atoms with Crippen molar-refractivity contribution in [2.24, 2.45) is 5.92 Å². The quantitative estimate of drug-likeness (QED) is 0.777. The van der Waals surface area contributed by atoms with Crippen molar-refractivity contribution in [3.05, 3.63) is 0 Å². The fourth-order valence-corrected chi connectivity index (χ4v) is 2.53. The summed E-state index contributed by atoms with van der Waals surface area (Å²) < 4.78 is 9.98. The Balaban J connectivity index is 2.73. The molecule has 7 heteroatoms. The normalized spacial score (nSPS) is 19.7. The Bertz CT molecular complexity index is 456. The molecule has 1 aliphatic heterocycles. The van der Waals surface area contributed by atoms with Crippen LogP contribution in [-0.4, -0.2) is 54.2 Å². The monoisotopic (exact) mass is 328 g/mol. The Labute approximate surface area is 137 Å². The van der Waals surface area contributed by atoms with Gasteiger partial charge in [0.25, 0.3) is 0 Å². The SMILES string of the molecule is COC(=O)[C@H](CC(C)C)N1CC[C@H](NC(=O)OC(C)(C)C)C1=O. The van der Waals surface area contributed by atoms with Gasteiger partial charge in [0.15, 0.2) is 0 Å². The van der Waals surface area contributed by atoms with E-state index in [2.05, 4.69) is 5.32 Å². The van der Waals surface area contributed by atoms with Gasteiger partial charge in [-0.2, -0.15) is 0 Å². The molecule has 1 heterocycles. The number of amides is 2. The standard InChI is InChI=1S/C16H28N2O5/c1-10(2)9-12(14(20)22-6)18-8-7-11(13(18)19)17-15(21)23-16(3,4)5/h10-12H,7-9H2,1-6H3,(H,17,21)/t11-,12-/m0/s1. The molecule has 0 radical (unpaired) electrons. The number of hydrogen-bond acceptors (Lipinski definition) is 5. The van der Waals surface area contributed by atoms with E-state index < -0.39 is 29.7 Å². The molecule has 0 aliphatic carbocycles. The second-order valence-corrected chi connectivity index (χ2v) is 7.19. The van der Waals surface area contributed by atoms with Gasteiger partial charge in [-0.3, -0.25) is 4.79 Å². The highest BCUT2D eigenvalue weighted by atomic mass is 16.6. The molecule has 0 bridgehead atoms. The molecule has 2 amide bonds. The number of nitrogens with zero attached hydrogens (tertiary/aromatic N) is 1. The van der Waals surface area contributed by atoms with Gasteiger partial charge in [0, 0.05) is 6.54 Å². The number of alkyl carbamates (subject to hydrolysis) is 1. The fraction of sp³-hybridized carbons (Fsp3) is 0.812. The van der Waals surface area contributed by atoms with E-state index in [0.717, 1.165) is 0 Å². The van der Waals surface area contributed by atoms with Crippen LogP contribution in [0.5, 0.6) is 0 Å². The lowest BCUT2D eigenvalue weighted by atomic mass is 10.0. The van der Waals surface area contributed by atoms with E-state index in [9.17, 15) is 14.4 Å². The minimum atomic E-state index is -0.663. The minimum absolute atomic E-state index is 0.241. The Morgan fingerprint density at radius 3 is 2.43 bits per heavy atom. The van der Waals surface area contributed by atoms with Crippen LogP contribution in [0.1, 0.15) is 47.5 Å². The number of rotatable bonds is 5. The first-order valence-corrected chi connectivity index (χ1v) is 7.93. The molecule has 1 N–H and O–H groups in total. The molecular formula is C16H28N2O5. The highest BCUT2D eigenvalue weighted by Crippen LogP contribution is 2.21. The maximum Gasteiger partial charge on any atom is 0.408 e. The fourth-order valence-electron chi connectivity index (χ4n) is 2.53. The third-order valence-electron chi connectivity index (χ3n) is 3.47. The van der Waals surface area contributed by atoms with Crippen molar-refractivity contribution < 1.29 is 23.9 Å². The second kappa shape index (κ2) is 7.66. The van der Waals surface area contributed by atoms with Crippen LogP contribution >= 0.6 is 0 Å². The zero-order valence-corrected chi connectivity index (χ0v) is 14.8. The van der Waals surface area contributed by atoms with Crippen molar-refractivity contribution in [1.82, 2.24) is 10.2 Å². The summed E-state index contributed by atoms with van der Waals surface area (Å²) in [6.45, 7) is 9.63. The number of nitrogens with one attached hydrogen (secondary N) is 1. The predicted octanol–water partition coefficient (Wildman–Crippen LogP) is 1.70. The Morgan fingerprint density at radius 2 is 1.96 bits per heavy atom. The van der Waals surface area contributed by atoms with Crippen LogP contribution in [0.25, 0.3) is 0 Å². The molecule has 1 rings (SSSR count). The number of esters is 1. The molecule has 132 valence electrons. The lowest BCUT2D eigenvalue weighted by Gasteiger charge is -2.27. The Kier molecular flexibility index (Phi) is 6.41. The molecule has 1 aliphatic rings. The van der Waals surface area contributed by atoms with E-state index in [1.165, 1.54) is 12.0 Å². The molecule has 0 spiro atoms. The van der Waals surface area contributed by atoms with Crippen molar-refractivity contribution in [1.29, 1.82) is 0 Å². The van der Waals surface area contributed by atoms with Crippen LogP contribution in [0.4, 0.5) is 4.79 Å². The van der Waals surface area contributed by atoms with E-state index in [0.29, 0.717) is 19.4 Å². The van der Waals surface area contributed by atoms with Crippen LogP contribution in [0.2, 0.25) is 0 Å². The van der Waals surface area contributed by atoms with Crippen molar-refractivity contribution in [3.8, 4) is 0 Å². The van der Waals surface area contributed by atoms with Gasteiger partial charge in [0.2, 0.25) is 5.91 Å². The van der Waals surface area contributed by atoms with Crippen LogP contribution in [0.3, 0.4) is 0 Å². The highest BCUT2D eigenvalue weighted by molar-refractivity contribution is 5.91. The molecule has 23 heavy (non-hydrogen) atoms. The number of hydrogen-bond donors (Lipinski definition) is 1. The molecule has 7 nitrogen and oxygen atoms in total. The summed E-state index contributed by atoms with van der Waals surface area (Å²) in [7, 11) is 1.31. The molecule has 0 aromatic rings. The lowest BCUT2D eigenvalue weighted by Crippen LogP contribution is -2.48. The van der Waals surface area contributed by atoms with E-state index >= 15 is 0 Å². The van der Waals surface area contributed by atoms with Crippen LogP contribution in [0.15, 0.2) is 0 Å². The van der Waals surface area contributed by atoms with Gasteiger partial charge < -0.3 is 19.7 Å². The zero-order valence-electron chi connectivity index (χ0n) is 14.8. The molecule has 1 fully saturated rings. The van der Waals surface area contributed by atoms with Crippen molar-refractivity contribution >= 4 is 18.0 Å². The summed E-state index contributed by atoms with van der Waals surface area (Å²) in [5.74, 6) is -0.457. The average Bonchev–Trinajstić information content (AvgIpc) is 2.74. The number of carbonyl (C=O) groups excluding carboxylic acids is 3. The second-order valence-electron chi connectivity index (χ2n) is 7.19. The van der Waals surface area contributed by atoms with Crippen LogP contribution in [-0.2, 0) is 19.1 Å². The number of likely N-dealkylation sites (tertiary alicyclic amines) is 1. The Hall–Kier alpha value is -1.79. The first-order valence-electron chi connectivity index (χ1n) is 7.93. The van der Waals surface area contributed by atoms with Gasteiger partial charge >= 0.3 is 12.1 Å². The molecular weight excluding hydrogens is 300 g/mol. The van der Waals surface area contributed by atoms with Gasteiger partial charge in [-0.05, 0) is 39.5 Å². The van der Waals surface area contributed by atoms with Gasteiger partial charge in [0.1, 0.15) is 17.7 Å².